The van der Waals surface area contributed by atoms with E-state index in [1.54, 1.807) is 32.0 Å². The lowest BCUT2D eigenvalue weighted by Gasteiger charge is -2.15. The Labute approximate surface area is 188 Å². The van der Waals surface area contributed by atoms with Gasteiger partial charge in [-0.1, -0.05) is 35.4 Å². The molecule has 9 heteroatoms. The van der Waals surface area contributed by atoms with Gasteiger partial charge in [-0.2, -0.15) is 0 Å². The SMILES string of the molecule is Cc1ccc(NS(=O)(=O)c2ccc(C)c(NS(=O)(=O)c3ccc(Cl)cc3C)c2)c(C)c1. The molecule has 3 rings (SSSR count). The zero-order valence-electron chi connectivity index (χ0n) is 17.5. The number of rotatable bonds is 6. The van der Waals surface area contributed by atoms with E-state index in [9.17, 15) is 16.8 Å². The lowest BCUT2D eigenvalue weighted by atomic mass is 10.1. The molecule has 0 aliphatic carbocycles. The predicted molar refractivity (Wildman–Crippen MR) is 125 cm³/mol. The highest BCUT2D eigenvalue weighted by Gasteiger charge is 2.21. The Kier molecular flexibility index (Phi) is 6.36. The fourth-order valence-corrected chi connectivity index (χ4v) is 5.86. The van der Waals surface area contributed by atoms with E-state index in [0.29, 0.717) is 21.8 Å². The van der Waals surface area contributed by atoms with Gasteiger partial charge in [0.05, 0.1) is 21.2 Å². The van der Waals surface area contributed by atoms with Crippen LogP contribution in [0.4, 0.5) is 11.4 Å². The second-order valence-corrected chi connectivity index (χ2v) is 11.2. The average molecular weight is 479 g/mol. The molecule has 31 heavy (non-hydrogen) atoms. The van der Waals surface area contributed by atoms with Crippen molar-refractivity contribution in [2.75, 3.05) is 9.44 Å². The van der Waals surface area contributed by atoms with Crippen LogP contribution in [-0.4, -0.2) is 16.8 Å². The van der Waals surface area contributed by atoms with Crippen molar-refractivity contribution >= 4 is 43.0 Å². The maximum atomic E-state index is 12.9. The predicted octanol–water partition coefficient (Wildman–Crippen LogP) is 5.18. The molecule has 0 aliphatic rings. The highest BCUT2D eigenvalue weighted by molar-refractivity contribution is 7.93. The van der Waals surface area contributed by atoms with Gasteiger partial charge in [0, 0.05) is 5.02 Å². The standard InChI is InChI=1S/C22H23ClN2O4S2/c1-14-5-9-20(16(3)11-14)24-30(26,27)19-8-6-15(2)21(13-19)25-31(28,29)22-10-7-18(23)12-17(22)4/h5-13,24-25H,1-4H3. The summed E-state index contributed by atoms with van der Waals surface area (Å²) in [5.74, 6) is 0. The summed E-state index contributed by atoms with van der Waals surface area (Å²) < 4.78 is 56.7. The van der Waals surface area contributed by atoms with Crippen molar-refractivity contribution < 1.29 is 16.8 Å². The van der Waals surface area contributed by atoms with E-state index in [-0.39, 0.29) is 15.5 Å². The number of benzene rings is 3. The molecule has 0 atom stereocenters. The quantitative estimate of drug-likeness (QED) is 0.510. The molecule has 0 heterocycles. The Bertz CT molecular complexity index is 1370. The van der Waals surface area contributed by atoms with Gasteiger partial charge >= 0.3 is 0 Å². The number of anilines is 2. The van der Waals surface area contributed by atoms with Crippen molar-refractivity contribution in [2.24, 2.45) is 0 Å². The zero-order valence-corrected chi connectivity index (χ0v) is 19.9. The van der Waals surface area contributed by atoms with E-state index in [1.165, 1.54) is 24.3 Å². The molecule has 0 fully saturated rings. The largest absolute Gasteiger partial charge is 0.279 e. The van der Waals surface area contributed by atoms with E-state index in [0.717, 1.165) is 11.1 Å². The average Bonchev–Trinajstić information content (AvgIpc) is 2.65. The lowest BCUT2D eigenvalue weighted by Crippen LogP contribution is -2.17. The molecule has 0 amide bonds. The monoisotopic (exact) mass is 478 g/mol. The number of sulfonamides is 2. The topological polar surface area (TPSA) is 92.3 Å². The Hall–Kier alpha value is -2.55. The molecule has 6 nitrogen and oxygen atoms in total. The number of aryl methyl sites for hydroxylation is 4. The molecule has 3 aromatic rings. The Balaban J connectivity index is 1.96. The Morgan fingerprint density at radius 1 is 0.645 bits per heavy atom. The molecule has 0 unspecified atom stereocenters. The van der Waals surface area contributed by atoms with Gasteiger partial charge < -0.3 is 0 Å². The third kappa shape index (κ3) is 5.20. The van der Waals surface area contributed by atoms with Crippen molar-refractivity contribution in [3.63, 3.8) is 0 Å². The summed E-state index contributed by atoms with van der Waals surface area (Å²) in [7, 11) is -7.86. The summed E-state index contributed by atoms with van der Waals surface area (Å²) in [4.78, 5) is 0.0153. The summed E-state index contributed by atoms with van der Waals surface area (Å²) in [6.45, 7) is 7.07. The van der Waals surface area contributed by atoms with Gasteiger partial charge in [0.2, 0.25) is 0 Å². The molecule has 164 valence electrons. The molecule has 0 aliphatic heterocycles. The van der Waals surface area contributed by atoms with Gasteiger partial charge in [-0.3, -0.25) is 9.44 Å². The minimum Gasteiger partial charge on any atom is -0.279 e. The maximum Gasteiger partial charge on any atom is 0.262 e. The number of halogens is 1. The summed E-state index contributed by atoms with van der Waals surface area (Å²) in [6, 6.07) is 14.2. The normalized spacial score (nSPS) is 11.9. The zero-order chi connectivity index (χ0) is 23.0. The number of nitrogens with one attached hydrogen (secondary N) is 2. The van der Waals surface area contributed by atoms with Crippen molar-refractivity contribution in [3.05, 3.63) is 81.9 Å². The molecular formula is C22H23ClN2O4S2. The van der Waals surface area contributed by atoms with Crippen molar-refractivity contribution in [2.45, 2.75) is 37.5 Å². The van der Waals surface area contributed by atoms with Crippen LogP contribution in [0.2, 0.25) is 5.02 Å². The number of hydrogen-bond acceptors (Lipinski definition) is 4. The van der Waals surface area contributed by atoms with Crippen LogP contribution in [0, 0.1) is 27.7 Å². The van der Waals surface area contributed by atoms with Crippen LogP contribution in [0.15, 0.2) is 64.4 Å². The lowest BCUT2D eigenvalue weighted by molar-refractivity contribution is 0.598. The second-order valence-electron chi connectivity index (χ2n) is 7.42. The summed E-state index contributed by atoms with van der Waals surface area (Å²) in [6.07, 6.45) is 0. The van der Waals surface area contributed by atoms with Crippen LogP contribution in [0.1, 0.15) is 22.3 Å². The first-order valence-corrected chi connectivity index (χ1v) is 12.7. The first kappa shape index (κ1) is 23.1. The molecule has 2 N–H and O–H groups in total. The first-order chi connectivity index (χ1) is 14.4. The van der Waals surface area contributed by atoms with E-state index in [1.807, 2.05) is 26.0 Å². The minimum absolute atomic E-state index is 0.0522. The molecule has 0 aromatic heterocycles. The van der Waals surface area contributed by atoms with Gasteiger partial charge in [-0.15, -0.1) is 0 Å². The highest BCUT2D eigenvalue weighted by atomic mass is 35.5. The van der Waals surface area contributed by atoms with Gasteiger partial charge in [-0.05, 0) is 80.8 Å². The summed E-state index contributed by atoms with van der Waals surface area (Å²) >= 11 is 5.92. The third-order valence-corrected chi connectivity index (χ3v) is 7.94. The van der Waals surface area contributed by atoms with Gasteiger partial charge in [-0.25, -0.2) is 16.8 Å². The fourth-order valence-electron chi connectivity index (χ4n) is 3.12. The summed E-state index contributed by atoms with van der Waals surface area (Å²) in [5, 5.41) is 0.429. The van der Waals surface area contributed by atoms with Gasteiger partial charge in [0.1, 0.15) is 0 Å². The van der Waals surface area contributed by atoms with E-state index < -0.39 is 20.0 Å². The Morgan fingerprint density at radius 2 is 1.32 bits per heavy atom. The van der Waals surface area contributed by atoms with E-state index >= 15 is 0 Å². The van der Waals surface area contributed by atoms with Crippen LogP contribution < -0.4 is 9.44 Å². The smallest absolute Gasteiger partial charge is 0.262 e. The molecular weight excluding hydrogens is 456 g/mol. The molecule has 0 bridgehead atoms. The van der Waals surface area contributed by atoms with Gasteiger partial charge in [0.15, 0.2) is 0 Å². The minimum atomic E-state index is -3.94. The van der Waals surface area contributed by atoms with E-state index in [2.05, 4.69) is 9.44 Å². The third-order valence-electron chi connectivity index (χ3n) is 4.82. The highest BCUT2D eigenvalue weighted by Crippen LogP contribution is 2.27. The first-order valence-electron chi connectivity index (χ1n) is 9.39. The molecule has 0 saturated heterocycles. The second kappa shape index (κ2) is 8.53. The van der Waals surface area contributed by atoms with Crippen LogP contribution in [-0.2, 0) is 20.0 Å². The number of hydrogen-bond donors (Lipinski definition) is 2. The Morgan fingerprint density at radius 3 is 1.97 bits per heavy atom. The fraction of sp³-hybridized carbons (Fsp3) is 0.182. The molecule has 0 spiro atoms. The van der Waals surface area contributed by atoms with Gasteiger partial charge in [0.25, 0.3) is 20.0 Å². The van der Waals surface area contributed by atoms with Crippen molar-refractivity contribution in [1.82, 2.24) is 0 Å². The van der Waals surface area contributed by atoms with Crippen molar-refractivity contribution in [1.29, 1.82) is 0 Å². The van der Waals surface area contributed by atoms with E-state index in [4.69, 9.17) is 11.6 Å². The van der Waals surface area contributed by atoms with Crippen LogP contribution in [0.5, 0.6) is 0 Å². The van der Waals surface area contributed by atoms with Crippen molar-refractivity contribution in [3.8, 4) is 0 Å². The van der Waals surface area contributed by atoms with Crippen LogP contribution >= 0.6 is 11.6 Å². The molecule has 3 aromatic carbocycles. The van der Waals surface area contributed by atoms with Crippen LogP contribution in [0.25, 0.3) is 0 Å². The molecule has 0 saturated carbocycles. The molecule has 0 radical (unpaired) electrons. The summed E-state index contributed by atoms with van der Waals surface area (Å²) in [5.41, 5.74) is 3.52. The maximum absolute atomic E-state index is 12.9. The van der Waals surface area contributed by atoms with Crippen LogP contribution in [0.3, 0.4) is 0 Å².